The van der Waals surface area contributed by atoms with Crippen molar-refractivity contribution < 1.29 is 14.3 Å². The van der Waals surface area contributed by atoms with E-state index >= 15 is 0 Å². The van der Waals surface area contributed by atoms with Crippen molar-refractivity contribution in [3.05, 3.63) is 23.8 Å². The predicted octanol–water partition coefficient (Wildman–Crippen LogP) is 0.916. The second-order valence-corrected chi connectivity index (χ2v) is 6.26. The summed E-state index contributed by atoms with van der Waals surface area (Å²) >= 11 is 0. The molecule has 24 heavy (non-hydrogen) atoms. The van der Waals surface area contributed by atoms with Crippen LogP contribution in [0, 0.1) is 6.92 Å². The van der Waals surface area contributed by atoms with E-state index in [0.29, 0.717) is 26.2 Å². The Bertz CT molecular complexity index is 653. The van der Waals surface area contributed by atoms with Gasteiger partial charge in [0.05, 0.1) is 13.2 Å². The van der Waals surface area contributed by atoms with Gasteiger partial charge in [-0.15, -0.1) is 0 Å². The van der Waals surface area contributed by atoms with Gasteiger partial charge in [0.2, 0.25) is 5.91 Å². The highest BCUT2D eigenvalue weighted by molar-refractivity contribution is 6.01. The first-order chi connectivity index (χ1) is 11.5. The summed E-state index contributed by atoms with van der Waals surface area (Å²) in [6.45, 7) is 4.77. The molecule has 0 aromatic heterocycles. The Morgan fingerprint density at radius 3 is 2.88 bits per heavy atom. The minimum atomic E-state index is -0.932. The van der Waals surface area contributed by atoms with Crippen LogP contribution in [0.15, 0.2) is 23.2 Å². The second-order valence-electron chi connectivity index (χ2n) is 6.26. The van der Waals surface area contributed by atoms with Crippen molar-refractivity contribution in [2.24, 2.45) is 10.7 Å². The van der Waals surface area contributed by atoms with Crippen molar-refractivity contribution in [1.29, 1.82) is 0 Å². The Morgan fingerprint density at radius 1 is 1.38 bits per heavy atom. The number of ether oxygens (including phenoxy) is 2. The molecule has 2 heterocycles. The summed E-state index contributed by atoms with van der Waals surface area (Å²) in [5.74, 6) is 0.708. The van der Waals surface area contributed by atoms with E-state index in [1.807, 2.05) is 25.1 Å². The van der Waals surface area contributed by atoms with E-state index in [4.69, 9.17) is 15.2 Å². The quantitative estimate of drug-likeness (QED) is 0.859. The molecule has 7 nitrogen and oxygen atoms in total. The van der Waals surface area contributed by atoms with Crippen LogP contribution in [0.25, 0.3) is 0 Å². The van der Waals surface area contributed by atoms with E-state index < -0.39 is 5.54 Å². The van der Waals surface area contributed by atoms with Gasteiger partial charge in [-0.2, -0.15) is 0 Å². The molecule has 0 radical (unpaired) electrons. The molecule has 130 valence electrons. The summed E-state index contributed by atoms with van der Waals surface area (Å²) in [7, 11) is 1.77. The molecule has 0 aliphatic carbocycles. The van der Waals surface area contributed by atoms with Crippen LogP contribution in [-0.2, 0) is 14.3 Å². The van der Waals surface area contributed by atoms with Crippen LogP contribution in [0.5, 0.6) is 0 Å². The summed E-state index contributed by atoms with van der Waals surface area (Å²) in [5.41, 5.74) is 8.03. The van der Waals surface area contributed by atoms with Gasteiger partial charge >= 0.3 is 0 Å². The summed E-state index contributed by atoms with van der Waals surface area (Å²) in [6, 6.07) is 5.84. The lowest BCUT2D eigenvalue weighted by molar-refractivity contribution is -0.121. The molecule has 2 aliphatic heterocycles. The number of amides is 1. The number of anilines is 2. The number of carbonyl (C=O) groups is 1. The zero-order valence-electron chi connectivity index (χ0n) is 14.2. The molecule has 0 spiro atoms. The number of nitrogens with one attached hydrogen (secondary N) is 1. The number of aliphatic imine (C=N–C) groups is 1. The molecule has 7 heteroatoms. The van der Waals surface area contributed by atoms with Crippen molar-refractivity contribution >= 4 is 23.1 Å². The lowest BCUT2D eigenvalue weighted by Gasteiger charge is -2.31. The molecule has 1 aromatic carbocycles. The molecule has 1 amide bonds. The van der Waals surface area contributed by atoms with Gasteiger partial charge in [-0.1, -0.05) is 0 Å². The first-order valence-corrected chi connectivity index (χ1v) is 8.13. The van der Waals surface area contributed by atoms with Gasteiger partial charge in [0.15, 0.2) is 0 Å². The third-order valence-corrected chi connectivity index (χ3v) is 4.51. The smallest absolute Gasteiger partial charge is 0.246 e. The minimum Gasteiger partial charge on any atom is -0.379 e. The highest BCUT2D eigenvalue weighted by Gasteiger charge is 2.38. The summed E-state index contributed by atoms with van der Waals surface area (Å²) in [5, 5.41) is 2.90. The van der Waals surface area contributed by atoms with Crippen molar-refractivity contribution in [3.8, 4) is 0 Å². The molecule has 2 saturated heterocycles. The number of benzene rings is 1. The van der Waals surface area contributed by atoms with E-state index in [0.717, 1.165) is 29.3 Å². The number of aryl methyl sites for hydroxylation is 1. The van der Waals surface area contributed by atoms with Crippen molar-refractivity contribution in [3.63, 3.8) is 0 Å². The normalized spacial score (nSPS) is 26.0. The maximum absolute atomic E-state index is 12.4. The topological polar surface area (TPSA) is 89.2 Å². The largest absolute Gasteiger partial charge is 0.379 e. The third kappa shape index (κ3) is 3.28. The van der Waals surface area contributed by atoms with Crippen LogP contribution in [0.3, 0.4) is 0 Å². The summed E-state index contributed by atoms with van der Waals surface area (Å²) < 4.78 is 10.7. The van der Waals surface area contributed by atoms with E-state index in [2.05, 4.69) is 15.2 Å². The molecule has 0 saturated carbocycles. The number of carbonyl (C=O) groups excluding carboxylic acids is 1. The average Bonchev–Trinajstić information content (AvgIpc) is 3.03. The fourth-order valence-electron chi connectivity index (χ4n) is 3.02. The number of hydrogen-bond acceptors (Lipinski definition) is 5. The summed E-state index contributed by atoms with van der Waals surface area (Å²) in [4.78, 5) is 18.8. The molecular weight excluding hydrogens is 308 g/mol. The molecular formula is C17H24N4O3. The zero-order valence-corrected chi connectivity index (χ0v) is 14.2. The number of rotatable bonds is 3. The standard InChI is InChI=1S/C17H24N4O3/c1-12-9-13(20-16(22)17(18)5-7-24-11-17)3-4-14(12)21-6-8-23-10-15(21)19-2/h3-4,9H,5-8,10-11,18H2,1-2H3,(H,20,22). The monoisotopic (exact) mass is 332 g/mol. The van der Waals surface area contributed by atoms with Crippen molar-refractivity contribution in [1.82, 2.24) is 0 Å². The Hall–Kier alpha value is -1.96. The lowest BCUT2D eigenvalue weighted by atomic mass is 9.99. The van der Waals surface area contributed by atoms with Crippen LogP contribution in [-0.4, -0.2) is 57.3 Å². The highest BCUT2D eigenvalue weighted by atomic mass is 16.5. The second kappa shape index (κ2) is 6.88. The van der Waals surface area contributed by atoms with E-state index in [-0.39, 0.29) is 12.5 Å². The van der Waals surface area contributed by atoms with Gasteiger partial charge in [0.1, 0.15) is 18.0 Å². The van der Waals surface area contributed by atoms with E-state index in [1.165, 1.54) is 0 Å². The Labute approximate surface area is 141 Å². The fourth-order valence-corrected chi connectivity index (χ4v) is 3.02. The molecule has 2 fully saturated rings. The van der Waals surface area contributed by atoms with E-state index in [9.17, 15) is 4.79 Å². The van der Waals surface area contributed by atoms with Gasteiger partial charge in [0.25, 0.3) is 0 Å². The van der Waals surface area contributed by atoms with E-state index in [1.54, 1.807) is 7.05 Å². The highest BCUT2D eigenvalue weighted by Crippen LogP contribution is 2.26. The number of amidine groups is 1. The van der Waals surface area contributed by atoms with Gasteiger partial charge < -0.3 is 25.4 Å². The van der Waals surface area contributed by atoms with Gasteiger partial charge in [0, 0.05) is 31.6 Å². The predicted molar refractivity (Wildman–Crippen MR) is 93.7 cm³/mol. The van der Waals surface area contributed by atoms with Crippen LogP contribution in [0.1, 0.15) is 12.0 Å². The summed E-state index contributed by atoms with van der Waals surface area (Å²) in [6.07, 6.45) is 0.542. The van der Waals surface area contributed by atoms with Crippen LogP contribution in [0.4, 0.5) is 11.4 Å². The number of nitrogens with zero attached hydrogens (tertiary/aromatic N) is 2. The molecule has 3 rings (SSSR count). The van der Waals surface area contributed by atoms with Gasteiger partial charge in [-0.3, -0.25) is 9.79 Å². The lowest BCUT2D eigenvalue weighted by Crippen LogP contribution is -2.51. The molecule has 3 N–H and O–H groups in total. The Kier molecular flexibility index (Phi) is 4.84. The molecule has 1 aromatic rings. The molecule has 2 aliphatic rings. The average molecular weight is 332 g/mol. The fraction of sp³-hybridized carbons (Fsp3) is 0.529. The Balaban J connectivity index is 1.76. The zero-order chi connectivity index (χ0) is 17.2. The van der Waals surface area contributed by atoms with Crippen LogP contribution in [0.2, 0.25) is 0 Å². The molecule has 1 atom stereocenters. The first kappa shape index (κ1) is 16.9. The maximum Gasteiger partial charge on any atom is 0.246 e. The molecule has 1 unspecified atom stereocenters. The van der Waals surface area contributed by atoms with Crippen molar-refractivity contribution in [2.45, 2.75) is 18.9 Å². The van der Waals surface area contributed by atoms with Crippen molar-refractivity contribution in [2.75, 3.05) is 50.2 Å². The van der Waals surface area contributed by atoms with Gasteiger partial charge in [-0.05, 0) is 37.1 Å². The molecule has 0 bridgehead atoms. The first-order valence-electron chi connectivity index (χ1n) is 8.13. The number of nitrogens with two attached hydrogens (primary N) is 1. The third-order valence-electron chi connectivity index (χ3n) is 4.51. The maximum atomic E-state index is 12.4. The number of hydrogen-bond donors (Lipinski definition) is 2. The van der Waals surface area contributed by atoms with Gasteiger partial charge in [-0.25, -0.2) is 0 Å². The minimum absolute atomic E-state index is 0.200. The van der Waals surface area contributed by atoms with Crippen LogP contribution >= 0.6 is 0 Å². The SMILES string of the molecule is CN=C1COCCN1c1ccc(NC(=O)C2(N)CCOC2)cc1C. The van der Waals surface area contributed by atoms with Crippen LogP contribution < -0.4 is 16.0 Å². The Morgan fingerprint density at radius 2 is 2.21 bits per heavy atom. The number of morpholine rings is 1.